The monoisotopic (exact) mass is 460 g/mol. The van der Waals surface area contributed by atoms with Crippen LogP contribution in [0.2, 0.25) is 5.02 Å². The molecule has 0 bridgehead atoms. The number of rotatable bonds is 3. The molecule has 2 N–H and O–H groups in total. The predicted molar refractivity (Wildman–Crippen MR) is 130 cm³/mol. The Bertz CT molecular complexity index is 1300. The maximum atomic E-state index is 13.3. The van der Waals surface area contributed by atoms with Crippen molar-refractivity contribution in [3.8, 4) is 0 Å². The van der Waals surface area contributed by atoms with E-state index in [9.17, 15) is 9.59 Å². The minimum absolute atomic E-state index is 0.0885. The van der Waals surface area contributed by atoms with Crippen molar-refractivity contribution < 1.29 is 9.59 Å². The summed E-state index contributed by atoms with van der Waals surface area (Å²) in [6, 6.07) is 14.7. The van der Waals surface area contributed by atoms with E-state index in [0.29, 0.717) is 40.5 Å². The molecule has 0 saturated heterocycles. The zero-order chi connectivity index (χ0) is 23.3. The quantitative estimate of drug-likeness (QED) is 0.521. The minimum Gasteiger partial charge on any atom is -0.343 e. The first-order valence-electron chi connectivity index (χ1n) is 11.0. The van der Waals surface area contributed by atoms with Gasteiger partial charge in [-0.2, -0.15) is 5.10 Å². The number of halogens is 1. The van der Waals surface area contributed by atoms with Gasteiger partial charge in [-0.15, -0.1) is 0 Å². The van der Waals surface area contributed by atoms with E-state index in [2.05, 4.69) is 29.6 Å². The number of fused-ring (bicyclic) bond motifs is 1. The molecular formula is C26H25ClN4O2. The molecule has 2 heterocycles. The van der Waals surface area contributed by atoms with Gasteiger partial charge in [-0.05, 0) is 48.6 Å². The first-order valence-corrected chi connectivity index (χ1v) is 11.3. The molecule has 33 heavy (non-hydrogen) atoms. The Hall–Kier alpha value is -3.38. The van der Waals surface area contributed by atoms with Crippen molar-refractivity contribution in [3.05, 3.63) is 87.7 Å². The summed E-state index contributed by atoms with van der Waals surface area (Å²) in [6.07, 6.45) is 2.72. The van der Waals surface area contributed by atoms with Crippen LogP contribution in [-0.2, 0) is 4.79 Å². The van der Waals surface area contributed by atoms with Gasteiger partial charge in [0.2, 0.25) is 0 Å². The molecule has 5 rings (SSSR count). The number of nitrogens with one attached hydrogen (secondary N) is 2. The second-order valence-electron chi connectivity index (χ2n) is 9.59. The van der Waals surface area contributed by atoms with Crippen LogP contribution < -0.4 is 10.6 Å². The van der Waals surface area contributed by atoms with Gasteiger partial charge in [0, 0.05) is 28.4 Å². The average Bonchev–Trinajstić information content (AvgIpc) is 3.16. The van der Waals surface area contributed by atoms with Crippen molar-refractivity contribution in [2.75, 3.05) is 10.6 Å². The highest BCUT2D eigenvalue weighted by atomic mass is 35.5. The van der Waals surface area contributed by atoms with E-state index in [1.807, 2.05) is 49.4 Å². The van der Waals surface area contributed by atoms with Crippen molar-refractivity contribution in [1.82, 2.24) is 9.78 Å². The van der Waals surface area contributed by atoms with Gasteiger partial charge in [-0.1, -0.05) is 55.3 Å². The molecule has 0 radical (unpaired) electrons. The Morgan fingerprint density at radius 3 is 2.67 bits per heavy atom. The number of aryl methyl sites for hydroxylation is 1. The number of amides is 1. The fourth-order valence-electron chi connectivity index (χ4n) is 4.70. The zero-order valence-corrected chi connectivity index (χ0v) is 19.5. The second-order valence-corrected chi connectivity index (χ2v) is 10.0. The van der Waals surface area contributed by atoms with E-state index >= 15 is 0 Å². The molecule has 2 aliphatic rings. The van der Waals surface area contributed by atoms with Gasteiger partial charge in [-0.25, -0.2) is 4.68 Å². The van der Waals surface area contributed by atoms with Crippen molar-refractivity contribution >= 4 is 34.8 Å². The third-order valence-electron chi connectivity index (χ3n) is 6.22. The highest BCUT2D eigenvalue weighted by Crippen LogP contribution is 2.46. The van der Waals surface area contributed by atoms with Crippen LogP contribution in [0.1, 0.15) is 54.2 Å². The van der Waals surface area contributed by atoms with Crippen LogP contribution in [0.5, 0.6) is 0 Å². The van der Waals surface area contributed by atoms with Crippen LogP contribution in [0.25, 0.3) is 0 Å². The van der Waals surface area contributed by atoms with E-state index in [-0.39, 0.29) is 17.1 Å². The molecular weight excluding hydrogens is 436 g/mol. The molecule has 1 aliphatic carbocycles. The number of nitrogens with zero attached hydrogens (tertiary/aromatic N) is 2. The lowest BCUT2D eigenvalue weighted by atomic mass is 9.73. The molecule has 0 spiro atoms. The number of aromatic nitrogens is 2. The van der Waals surface area contributed by atoms with E-state index in [1.165, 1.54) is 0 Å². The van der Waals surface area contributed by atoms with Crippen LogP contribution in [0.15, 0.2) is 66.0 Å². The topological polar surface area (TPSA) is 76.0 Å². The number of hydrogen-bond acceptors (Lipinski definition) is 4. The summed E-state index contributed by atoms with van der Waals surface area (Å²) >= 11 is 6.29. The fourth-order valence-corrected chi connectivity index (χ4v) is 4.90. The lowest BCUT2D eigenvalue weighted by Gasteiger charge is -2.39. The number of Topliss-reactive ketones (excluding diaryl/α,β-unsaturated/α-hetero) is 1. The molecule has 2 aromatic carbocycles. The van der Waals surface area contributed by atoms with Gasteiger partial charge in [0.25, 0.3) is 5.91 Å². The van der Waals surface area contributed by atoms with Crippen LogP contribution >= 0.6 is 11.6 Å². The molecule has 1 aromatic heterocycles. The van der Waals surface area contributed by atoms with Crippen LogP contribution in [-0.4, -0.2) is 21.5 Å². The smallest absolute Gasteiger partial charge is 0.261 e. The minimum atomic E-state index is -0.445. The van der Waals surface area contributed by atoms with Crippen molar-refractivity contribution in [2.24, 2.45) is 5.41 Å². The van der Waals surface area contributed by atoms with E-state index in [1.54, 1.807) is 16.9 Å². The average molecular weight is 461 g/mol. The lowest BCUT2D eigenvalue weighted by molar-refractivity contribution is -0.118. The summed E-state index contributed by atoms with van der Waals surface area (Å²) in [5.41, 5.74) is 4.47. The van der Waals surface area contributed by atoms with E-state index < -0.39 is 6.04 Å². The van der Waals surface area contributed by atoms with Crippen molar-refractivity contribution in [2.45, 2.75) is 39.7 Å². The number of carbonyl (C=O) groups excluding carboxylic acids is 2. The predicted octanol–water partition coefficient (Wildman–Crippen LogP) is 5.76. The number of hydrogen-bond donors (Lipinski definition) is 2. The van der Waals surface area contributed by atoms with Gasteiger partial charge >= 0.3 is 0 Å². The van der Waals surface area contributed by atoms with Crippen LogP contribution in [0, 0.1) is 12.3 Å². The second kappa shape index (κ2) is 7.89. The summed E-state index contributed by atoms with van der Waals surface area (Å²) in [7, 11) is 0. The molecule has 3 aromatic rings. The third-order valence-corrected chi connectivity index (χ3v) is 6.46. The summed E-state index contributed by atoms with van der Waals surface area (Å²) in [6.45, 7) is 6.17. The van der Waals surface area contributed by atoms with Gasteiger partial charge < -0.3 is 10.6 Å². The first kappa shape index (κ1) is 21.5. The first-order chi connectivity index (χ1) is 15.7. The molecule has 0 unspecified atom stereocenters. The molecule has 168 valence electrons. The van der Waals surface area contributed by atoms with Gasteiger partial charge in [-0.3, -0.25) is 9.59 Å². The molecule has 7 heteroatoms. The lowest BCUT2D eigenvalue weighted by Crippen LogP contribution is -2.37. The van der Waals surface area contributed by atoms with Crippen LogP contribution in [0.4, 0.5) is 11.5 Å². The summed E-state index contributed by atoms with van der Waals surface area (Å²) < 4.78 is 1.73. The molecule has 0 fully saturated rings. The summed E-state index contributed by atoms with van der Waals surface area (Å²) in [4.78, 5) is 26.5. The Balaban J connectivity index is 1.59. The van der Waals surface area contributed by atoms with Gasteiger partial charge in [0.05, 0.1) is 6.20 Å². The van der Waals surface area contributed by atoms with Crippen molar-refractivity contribution in [3.63, 3.8) is 0 Å². The van der Waals surface area contributed by atoms with Gasteiger partial charge in [0.1, 0.15) is 17.4 Å². The van der Waals surface area contributed by atoms with E-state index in [0.717, 1.165) is 16.8 Å². The zero-order valence-electron chi connectivity index (χ0n) is 18.8. The summed E-state index contributed by atoms with van der Waals surface area (Å²) in [5, 5.41) is 11.5. The van der Waals surface area contributed by atoms with Crippen LogP contribution in [0.3, 0.4) is 0 Å². The Kier molecular flexibility index (Phi) is 5.13. The maximum Gasteiger partial charge on any atom is 0.261 e. The van der Waals surface area contributed by atoms with E-state index in [4.69, 9.17) is 11.6 Å². The Labute approximate surface area is 197 Å². The maximum absolute atomic E-state index is 13.3. The van der Waals surface area contributed by atoms with Crippen molar-refractivity contribution in [1.29, 1.82) is 0 Å². The third kappa shape index (κ3) is 3.95. The molecule has 0 saturated carbocycles. The number of benzene rings is 2. The molecule has 6 nitrogen and oxygen atoms in total. The largest absolute Gasteiger partial charge is 0.343 e. The summed E-state index contributed by atoms with van der Waals surface area (Å²) in [5.74, 6) is 0.405. The number of carbonyl (C=O) groups is 2. The molecule has 1 aliphatic heterocycles. The molecule has 1 amide bonds. The number of anilines is 2. The molecule has 1 atom stereocenters. The highest BCUT2D eigenvalue weighted by Gasteiger charge is 2.42. The normalized spacial score (nSPS) is 18.9. The Morgan fingerprint density at radius 2 is 1.94 bits per heavy atom. The Morgan fingerprint density at radius 1 is 1.18 bits per heavy atom. The SMILES string of the molecule is Cc1ccc(NC(=O)c2cnn3c2NC2=C(C(=O)CC(C)(C)C2)[C@@H]3c2cccc(Cl)c2)cc1. The number of allylic oxidation sites excluding steroid dienone is 2. The van der Waals surface area contributed by atoms with Gasteiger partial charge in [0.15, 0.2) is 5.78 Å². The fraction of sp³-hybridized carbons (Fsp3) is 0.269. The number of ketones is 1. The standard InChI is InChI=1S/C26H25ClN4O2/c1-15-7-9-18(10-8-15)29-25(33)19-14-28-31-23(16-5-4-6-17(27)11-16)22-20(30-24(19)31)12-26(2,3)13-21(22)32/h4-11,14,23,30H,12-13H2,1-3H3,(H,29,33)/t23-/m0/s1. The highest BCUT2D eigenvalue weighted by molar-refractivity contribution is 6.30.